The molecule has 1 aliphatic rings. The summed E-state index contributed by atoms with van der Waals surface area (Å²) in [6.45, 7) is 5.88. The number of nitrogens with one attached hydrogen (secondary N) is 1. The normalized spacial score (nSPS) is 14.9. The molecule has 6 nitrogen and oxygen atoms in total. The van der Waals surface area contributed by atoms with Crippen LogP contribution in [0.4, 0.5) is 0 Å². The van der Waals surface area contributed by atoms with Gasteiger partial charge in [-0.15, -0.1) is 0 Å². The van der Waals surface area contributed by atoms with Crippen LogP contribution in [0.15, 0.2) is 36.9 Å². The fraction of sp³-hybridized carbons (Fsp3) is 0.353. The minimum atomic E-state index is -0.423. The fourth-order valence-electron chi connectivity index (χ4n) is 2.53. The molecule has 1 N–H and O–H groups in total. The van der Waals surface area contributed by atoms with Crippen molar-refractivity contribution in [3.8, 4) is 5.75 Å². The highest BCUT2D eigenvalue weighted by atomic mass is 16.5. The summed E-state index contributed by atoms with van der Waals surface area (Å²) in [6, 6.07) is 6.64. The Balaban J connectivity index is 1.95. The Morgan fingerprint density at radius 1 is 1.30 bits per heavy atom. The molecule has 1 saturated heterocycles. The molecule has 0 saturated carbocycles. The number of amides is 2. The molecule has 0 atom stereocenters. The van der Waals surface area contributed by atoms with Gasteiger partial charge in [0.25, 0.3) is 5.91 Å². The van der Waals surface area contributed by atoms with Gasteiger partial charge in [0.05, 0.1) is 0 Å². The van der Waals surface area contributed by atoms with Crippen molar-refractivity contribution >= 4 is 17.8 Å². The first-order chi connectivity index (χ1) is 11.0. The molecular formula is C17H20N2O4. The van der Waals surface area contributed by atoms with Crippen LogP contribution in [-0.4, -0.2) is 41.8 Å². The van der Waals surface area contributed by atoms with E-state index in [9.17, 15) is 14.4 Å². The van der Waals surface area contributed by atoms with Crippen LogP contribution in [0, 0.1) is 0 Å². The molecule has 122 valence electrons. The third kappa shape index (κ3) is 4.67. The molecular weight excluding hydrogens is 296 g/mol. The number of carbonyl (C=O) groups excluding carboxylic acids is 3. The van der Waals surface area contributed by atoms with E-state index in [-0.39, 0.29) is 17.9 Å². The van der Waals surface area contributed by atoms with Crippen molar-refractivity contribution in [2.45, 2.75) is 25.8 Å². The first kappa shape index (κ1) is 16.7. The number of piperidine rings is 1. The second-order valence-corrected chi connectivity index (χ2v) is 5.40. The van der Waals surface area contributed by atoms with E-state index in [0.29, 0.717) is 37.2 Å². The molecule has 0 unspecified atom stereocenters. The Morgan fingerprint density at radius 2 is 2.00 bits per heavy atom. The van der Waals surface area contributed by atoms with E-state index in [1.54, 1.807) is 29.2 Å². The quantitative estimate of drug-likeness (QED) is 0.519. The lowest BCUT2D eigenvalue weighted by Gasteiger charge is -2.32. The molecule has 6 heteroatoms. The van der Waals surface area contributed by atoms with Gasteiger partial charge < -0.3 is 15.0 Å². The number of rotatable bonds is 4. The summed E-state index contributed by atoms with van der Waals surface area (Å²) in [5.74, 6) is -0.360. The molecule has 0 aliphatic carbocycles. The van der Waals surface area contributed by atoms with Gasteiger partial charge in [-0.05, 0) is 37.1 Å². The molecule has 2 rings (SSSR count). The van der Waals surface area contributed by atoms with Crippen molar-refractivity contribution in [3.63, 3.8) is 0 Å². The van der Waals surface area contributed by atoms with E-state index < -0.39 is 5.97 Å². The highest BCUT2D eigenvalue weighted by Gasteiger charge is 2.24. The zero-order valence-corrected chi connectivity index (χ0v) is 13.1. The van der Waals surface area contributed by atoms with Gasteiger partial charge in [0.2, 0.25) is 5.91 Å². The summed E-state index contributed by atoms with van der Waals surface area (Å²) >= 11 is 0. The summed E-state index contributed by atoms with van der Waals surface area (Å²) in [4.78, 5) is 36.5. The number of likely N-dealkylation sites (tertiary alicyclic amines) is 1. The molecule has 1 fully saturated rings. The second kappa shape index (κ2) is 7.58. The average molecular weight is 316 g/mol. The minimum absolute atomic E-state index is 0.0666. The highest BCUT2D eigenvalue weighted by molar-refractivity contribution is 5.95. The molecule has 0 bridgehead atoms. The third-order valence-corrected chi connectivity index (χ3v) is 3.66. The Kier molecular flexibility index (Phi) is 5.51. The zero-order valence-electron chi connectivity index (χ0n) is 13.1. The van der Waals surface area contributed by atoms with Crippen molar-refractivity contribution in [1.29, 1.82) is 0 Å². The lowest BCUT2D eigenvalue weighted by Crippen LogP contribution is -2.46. The summed E-state index contributed by atoms with van der Waals surface area (Å²) in [5, 5.41) is 2.85. The van der Waals surface area contributed by atoms with Crippen LogP contribution in [0.25, 0.3) is 0 Å². The van der Waals surface area contributed by atoms with Crippen LogP contribution in [0.5, 0.6) is 5.75 Å². The topological polar surface area (TPSA) is 75.7 Å². The van der Waals surface area contributed by atoms with E-state index in [1.165, 1.54) is 13.0 Å². The first-order valence-electron chi connectivity index (χ1n) is 7.50. The van der Waals surface area contributed by atoms with E-state index >= 15 is 0 Å². The summed E-state index contributed by atoms with van der Waals surface area (Å²) < 4.78 is 5.00. The number of ether oxygens (including phenoxy) is 1. The first-order valence-corrected chi connectivity index (χ1v) is 7.50. The Hall–Kier alpha value is -2.63. The maximum atomic E-state index is 12.5. The van der Waals surface area contributed by atoms with Crippen LogP contribution < -0.4 is 10.1 Å². The Labute approximate surface area is 135 Å². The molecule has 0 aromatic heterocycles. The van der Waals surface area contributed by atoms with Gasteiger partial charge in [0, 0.05) is 31.6 Å². The smallest absolute Gasteiger partial charge is 0.308 e. The van der Waals surface area contributed by atoms with E-state index in [1.807, 2.05) is 0 Å². The van der Waals surface area contributed by atoms with Gasteiger partial charge in [-0.3, -0.25) is 14.4 Å². The number of hydrogen-bond acceptors (Lipinski definition) is 4. The van der Waals surface area contributed by atoms with Gasteiger partial charge in [0.1, 0.15) is 5.75 Å². The van der Waals surface area contributed by atoms with Crippen molar-refractivity contribution in [2.75, 3.05) is 13.1 Å². The largest absolute Gasteiger partial charge is 0.427 e. The number of esters is 1. The highest BCUT2D eigenvalue weighted by Crippen LogP contribution is 2.18. The SMILES string of the molecule is C=CC(=O)NC1CCN(C(=O)c2cccc(OC(C)=O)c2)CC1. The van der Waals surface area contributed by atoms with Crippen molar-refractivity contribution in [1.82, 2.24) is 10.2 Å². The predicted molar refractivity (Wildman–Crippen MR) is 85.0 cm³/mol. The molecule has 0 radical (unpaired) electrons. The molecule has 1 aromatic carbocycles. The second-order valence-electron chi connectivity index (χ2n) is 5.40. The minimum Gasteiger partial charge on any atom is -0.427 e. The Bertz CT molecular complexity index is 619. The molecule has 1 heterocycles. The number of carbonyl (C=O) groups is 3. The Morgan fingerprint density at radius 3 is 2.61 bits per heavy atom. The lowest BCUT2D eigenvalue weighted by atomic mass is 10.0. The van der Waals surface area contributed by atoms with Gasteiger partial charge in [0.15, 0.2) is 0 Å². The fourth-order valence-corrected chi connectivity index (χ4v) is 2.53. The van der Waals surface area contributed by atoms with E-state index in [4.69, 9.17) is 4.74 Å². The van der Waals surface area contributed by atoms with Gasteiger partial charge in [-0.2, -0.15) is 0 Å². The van der Waals surface area contributed by atoms with Crippen LogP contribution in [0.3, 0.4) is 0 Å². The van der Waals surface area contributed by atoms with Crippen LogP contribution in [0.2, 0.25) is 0 Å². The number of hydrogen-bond donors (Lipinski definition) is 1. The molecule has 1 aromatic rings. The summed E-state index contributed by atoms with van der Waals surface area (Å²) in [7, 11) is 0. The van der Waals surface area contributed by atoms with Crippen molar-refractivity contribution < 1.29 is 19.1 Å². The van der Waals surface area contributed by atoms with E-state index in [2.05, 4.69) is 11.9 Å². The van der Waals surface area contributed by atoms with E-state index in [0.717, 1.165) is 0 Å². The van der Waals surface area contributed by atoms with Gasteiger partial charge in [-0.25, -0.2) is 0 Å². The molecule has 0 spiro atoms. The molecule has 23 heavy (non-hydrogen) atoms. The van der Waals surface area contributed by atoms with Crippen molar-refractivity contribution in [3.05, 3.63) is 42.5 Å². The van der Waals surface area contributed by atoms with Crippen molar-refractivity contribution in [2.24, 2.45) is 0 Å². The third-order valence-electron chi connectivity index (χ3n) is 3.66. The maximum absolute atomic E-state index is 12.5. The summed E-state index contributed by atoms with van der Waals surface area (Å²) in [6.07, 6.45) is 2.65. The number of benzene rings is 1. The van der Waals surface area contributed by atoms with Gasteiger partial charge >= 0.3 is 5.97 Å². The zero-order chi connectivity index (χ0) is 16.8. The van der Waals surface area contributed by atoms with Crippen LogP contribution >= 0.6 is 0 Å². The molecule has 2 amide bonds. The number of nitrogens with zero attached hydrogens (tertiary/aromatic N) is 1. The monoisotopic (exact) mass is 316 g/mol. The summed E-state index contributed by atoms with van der Waals surface area (Å²) in [5.41, 5.74) is 0.484. The molecule has 1 aliphatic heterocycles. The maximum Gasteiger partial charge on any atom is 0.308 e. The predicted octanol–water partition coefficient (Wildman–Crippen LogP) is 1.52. The average Bonchev–Trinajstić information content (AvgIpc) is 2.54. The van der Waals surface area contributed by atoms with Gasteiger partial charge in [-0.1, -0.05) is 12.6 Å². The van der Waals surface area contributed by atoms with Crippen LogP contribution in [-0.2, 0) is 9.59 Å². The van der Waals surface area contributed by atoms with Crippen LogP contribution in [0.1, 0.15) is 30.1 Å². The lowest BCUT2D eigenvalue weighted by molar-refractivity contribution is -0.131. The standard InChI is InChI=1S/C17H20N2O4/c1-3-16(21)18-14-7-9-19(10-8-14)17(22)13-5-4-6-15(11-13)23-12(2)20/h3-6,11,14H,1,7-10H2,2H3,(H,18,21).